The SMILES string of the molecule is C=O.CC(C)(C)CC(=O)N1CC2[C@H](C1)C2(C)C.CNC(C#N)Cc1cc2c([nH]c1=O)CCN(C(C)=O)C2.NC(=O)C(F)(F)F. The first-order chi connectivity index (χ1) is 20.2. The molecule has 0 bridgehead atoms. The van der Waals surface area contributed by atoms with Crippen LogP contribution in [0.5, 0.6) is 0 Å². The van der Waals surface area contributed by atoms with E-state index in [1.807, 2.05) is 12.9 Å². The highest BCUT2D eigenvalue weighted by molar-refractivity contribution is 5.79. The number of halogens is 3. The third-order valence-corrected chi connectivity index (χ3v) is 8.09. The van der Waals surface area contributed by atoms with Gasteiger partial charge >= 0.3 is 12.1 Å². The quantitative estimate of drug-likeness (QED) is 0.461. The largest absolute Gasteiger partial charge is 0.470 e. The fourth-order valence-electron chi connectivity index (χ4n) is 5.31. The molecule has 1 saturated heterocycles. The molecule has 2 fully saturated rings. The molecule has 0 spiro atoms. The van der Waals surface area contributed by atoms with Crippen LogP contribution in [0.25, 0.3) is 0 Å². The summed E-state index contributed by atoms with van der Waals surface area (Å²) in [5.74, 6) is -0.311. The van der Waals surface area contributed by atoms with Gasteiger partial charge in [-0.2, -0.15) is 18.4 Å². The molecule has 44 heavy (non-hydrogen) atoms. The van der Waals surface area contributed by atoms with Crippen LogP contribution in [0.4, 0.5) is 13.2 Å². The average Bonchev–Trinajstić information content (AvgIpc) is 3.23. The maximum absolute atomic E-state index is 12.0. The van der Waals surface area contributed by atoms with Gasteiger partial charge in [0.15, 0.2) is 0 Å². The van der Waals surface area contributed by atoms with E-state index in [1.165, 1.54) is 0 Å². The van der Waals surface area contributed by atoms with E-state index < -0.39 is 12.1 Å². The van der Waals surface area contributed by atoms with Crippen LogP contribution in [0.3, 0.4) is 0 Å². The average molecular weight is 627 g/mol. The van der Waals surface area contributed by atoms with Crippen LogP contribution < -0.4 is 16.6 Å². The summed E-state index contributed by atoms with van der Waals surface area (Å²) in [6, 6.07) is 3.54. The Morgan fingerprint density at radius 2 is 1.70 bits per heavy atom. The van der Waals surface area contributed by atoms with Crippen molar-refractivity contribution in [3.05, 3.63) is 33.2 Å². The van der Waals surface area contributed by atoms with Gasteiger partial charge in [-0.3, -0.25) is 19.2 Å². The van der Waals surface area contributed by atoms with Crippen molar-refractivity contribution in [1.82, 2.24) is 20.1 Å². The number of nitriles is 1. The number of carbonyl (C=O) groups excluding carboxylic acids is 4. The number of alkyl halides is 3. The summed E-state index contributed by atoms with van der Waals surface area (Å²) < 4.78 is 32.1. The molecule has 1 aromatic heterocycles. The van der Waals surface area contributed by atoms with Crippen LogP contribution in [0.2, 0.25) is 0 Å². The predicted molar refractivity (Wildman–Crippen MR) is 158 cm³/mol. The Labute approximate surface area is 256 Å². The third-order valence-electron chi connectivity index (χ3n) is 8.09. The topological polar surface area (TPSA) is 169 Å². The minimum Gasteiger partial charge on any atom is -0.362 e. The summed E-state index contributed by atoms with van der Waals surface area (Å²) >= 11 is 0. The number of pyridine rings is 1. The number of aromatic amines is 1. The van der Waals surface area contributed by atoms with E-state index in [4.69, 9.17) is 14.9 Å². The van der Waals surface area contributed by atoms with E-state index in [0.29, 0.717) is 49.2 Å². The Morgan fingerprint density at radius 1 is 1.18 bits per heavy atom. The summed E-state index contributed by atoms with van der Waals surface area (Å²) in [4.78, 5) is 59.2. The number of nitrogens with zero attached hydrogens (tertiary/aromatic N) is 3. The number of primary amides is 1. The normalized spacial score (nSPS) is 20.0. The monoisotopic (exact) mass is 626 g/mol. The maximum atomic E-state index is 12.0. The van der Waals surface area contributed by atoms with Crippen molar-refractivity contribution in [3.8, 4) is 6.07 Å². The van der Waals surface area contributed by atoms with Gasteiger partial charge in [0.05, 0.1) is 12.1 Å². The third kappa shape index (κ3) is 10.8. The molecule has 0 radical (unpaired) electrons. The number of hydrogen-bond acceptors (Lipinski definition) is 7. The van der Waals surface area contributed by atoms with Crippen LogP contribution in [0, 0.1) is 34.0 Å². The van der Waals surface area contributed by atoms with Gasteiger partial charge in [0.1, 0.15) is 6.79 Å². The second-order valence-corrected chi connectivity index (χ2v) is 12.9. The predicted octanol–water partition coefficient (Wildman–Crippen LogP) is 2.32. The van der Waals surface area contributed by atoms with Gasteiger partial charge in [0.2, 0.25) is 11.8 Å². The Bertz CT molecular complexity index is 1270. The number of nitrogens with two attached hydrogens (primary N) is 1. The summed E-state index contributed by atoms with van der Waals surface area (Å²) in [6.07, 6.45) is -3.15. The zero-order chi connectivity index (χ0) is 34.2. The molecule has 246 valence electrons. The van der Waals surface area contributed by atoms with Crippen molar-refractivity contribution in [1.29, 1.82) is 5.26 Å². The summed E-state index contributed by atoms with van der Waals surface area (Å²) in [7, 11) is 1.69. The van der Waals surface area contributed by atoms with E-state index in [0.717, 1.165) is 36.2 Å². The number of amides is 3. The standard InChI is InChI=1S/C14H18N4O2.C13H23NO.C2H2F3NO.CH2O/c1-9(19)18-4-3-13-11(8-18)5-10(14(20)17-13)6-12(7-15)16-2;1-12(2,3)6-11(15)14-7-9-10(8-14)13(9,4)5;3-2(4,5)1(6)7;1-2/h5,12,16H,3-4,6,8H2,1-2H3,(H,17,20);9-10H,6-8H2,1-5H3;(H2,6,7);1H2/t;9-,10?;;/m.0../s1. The minimum absolute atomic E-state index is 0.0357. The van der Waals surface area contributed by atoms with Crippen LogP contribution in [0.15, 0.2) is 10.9 Å². The number of likely N-dealkylation sites (N-methyl/N-ethyl adjacent to an activating group) is 1. The molecule has 4 N–H and O–H groups in total. The molecule has 14 heteroatoms. The first kappa shape index (κ1) is 38.3. The van der Waals surface area contributed by atoms with Crippen molar-refractivity contribution in [2.45, 2.75) is 79.6 Å². The Kier molecular flexibility index (Phi) is 13.3. The number of carbonyl (C=O) groups is 4. The van der Waals surface area contributed by atoms with Crippen molar-refractivity contribution in [3.63, 3.8) is 0 Å². The molecule has 1 aliphatic carbocycles. The molecular formula is C30H45F3N6O5. The van der Waals surface area contributed by atoms with E-state index in [2.05, 4.69) is 61.6 Å². The highest BCUT2D eigenvalue weighted by atomic mass is 19.4. The lowest BCUT2D eigenvalue weighted by Crippen LogP contribution is -2.36. The molecule has 3 atom stereocenters. The zero-order valence-corrected chi connectivity index (χ0v) is 26.6. The van der Waals surface area contributed by atoms with Crippen LogP contribution in [-0.4, -0.2) is 78.2 Å². The van der Waals surface area contributed by atoms with Gasteiger partial charge in [-0.1, -0.05) is 34.6 Å². The lowest BCUT2D eigenvalue weighted by atomic mass is 9.91. The highest BCUT2D eigenvalue weighted by Crippen LogP contribution is 2.62. The zero-order valence-electron chi connectivity index (χ0n) is 26.6. The molecule has 11 nitrogen and oxygen atoms in total. The molecule has 3 aliphatic rings. The summed E-state index contributed by atoms with van der Waals surface area (Å²) in [5, 5.41) is 11.8. The second kappa shape index (κ2) is 15.3. The van der Waals surface area contributed by atoms with E-state index in [1.54, 1.807) is 18.9 Å². The number of H-pyrrole nitrogens is 1. The Morgan fingerprint density at radius 3 is 2.11 bits per heavy atom. The molecule has 4 rings (SSSR count). The molecule has 1 aromatic rings. The van der Waals surface area contributed by atoms with E-state index >= 15 is 0 Å². The van der Waals surface area contributed by atoms with Gasteiger partial charge < -0.3 is 30.6 Å². The van der Waals surface area contributed by atoms with Crippen molar-refractivity contribution < 1.29 is 32.3 Å². The summed E-state index contributed by atoms with van der Waals surface area (Å²) in [5.41, 5.74) is 6.74. The second-order valence-electron chi connectivity index (χ2n) is 12.9. The van der Waals surface area contributed by atoms with Gasteiger partial charge in [-0.15, -0.1) is 0 Å². The first-order valence-electron chi connectivity index (χ1n) is 14.2. The summed E-state index contributed by atoms with van der Waals surface area (Å²) in [6.45, 7) is 17.8. The van der Waals surface area contributed by atoms with Crippen LogP contribution in [-0.2, 0) is 38.6 Å². The van der Waals surface area contributed by atoms with Gasteiger partial charge in [-0.25, -0.2) is 0 Å². The molecule has 3 amide bonds. The molecule has 2 unspecified atom stereocenters. The number of piperidine rings is 1. The molecule has 0 aromatic carbocycles. The number of hydrogen-bond donors (Lipinski definition) is 3. The minimum atomic E-state index is -4.86. The Hall–Kier alpha value is -3.73. The van der Waals surface area contributed by atoms with Gasteiger partial charge in [-0.05, 0) is 41.3 Å². The van der Waals surface area contributed by atoms with Crippen molar-refractivity contribution in [2.75, 3.05) is 26.7 Å². The fraction of sp³-hybridized carbons (Fsp3) is 0.667. The number of fused-ring (bicyclic) bond motifs is 2. The molecular weight excluding hydrogens is 581 g/mol. The van der Waals surface area contributed by atoms with Crippen LogP contribution in [0.1, 0.15) is 64.8 Å². The van der Waals surface area contributed by atoms with Gasteiger partial charge in [0, 0.05) is 63.6 Å². The molecule has 2 aliphatic heterocycles. The van der Waals surface area contributed by atoms with Crippen LogP contribution >= 0.6 is 0 Å². The van der Waals surface area contributed by atoms with Crippen molar-refractivity contribution in [2.24, 2.45) is 28.4 Å². The Balaban J connectivity index is 0.000000355. The fourth-order valence-corrected chi connectivity index (χ4v) is 5.31. The lowest BCUT2D eigenvalue weighted by molar-refractivity contribution is -0.169. The van der Waals surface area contributed by atoms with Gasteiger partial charge in [0.25, 0.3) is 5.56 Å². The lowest BCUT2D eigenvalue weighted by Gasteiger charge is -2.28. The smallest absolute Gasteiger partial charge is 0.362 e. The first-order valence-corrected chi connectivity index (χ1v) is 14.2. The highest BCUT2D eigenvalue weighted by Gasteiger charge is 2.62. The molecule has 3 heterocycles. The number of aromatic nitrogens is 1. The van der Waals surface area contributed by atoms with E-state index in [-0.39, 0.29) is 22.9 Å². The number of likely N-dealkylation sites (tertiary alicyclic amines) is 1. The maximum Gasteiger partial charge on any atom is 0.470 e. The number of rotatable bonds is 4. The molecule has 1 saturated carbocycles. The number of nitrogens with one attached hydrogen (secondary N) is 2. The van der Waals surface area contributed by atoms with E-state index in [9.17, 15) is 27.6 Å². The van der Waals surface area contributed by atoms with Crippen molar-refractivity contribution >= 4 is 24.5 Å².